The van der Waals surface area contributed by atoms with Crippen LogP contribution in [0.3, 0.4) is 0 Å². The van der Waals surface area contributed by atoms with E-state index in [2.05, 4.69) is 30.3 Å². The molecule has 0 unspecified atom stereocenters. The largest absolute Gasteiger partial charge is 0.508 e. The number of phenolic OH excluding ortho intramolecular Hbond substituents is 2. The Labute approximate surface area is 143 Å². The minimum absolute atomic E-state index is 0.304. The molecule has 0 atom stereocenters. The molecule has 0 aliphatic heterocycles. The second kappa shape index (κ2) is 7.22. The molecule has 3 aromatic rings. The van der Waals surface area contributed by atoms with Crippen LogP contribution in [-0.4, -0.2) is 10.2 Å². The third-order valence-corrected chi connectivity index (χ3v) is 4.33. The summed E-state index contributed by atoms with van der Waals surface area (Å²) in [5, 5.41) is 18.9. The summed E-state index contributed by atoms with van der Waals surface area (Å²) in [6.45, 7) is 1.93. The van der Waals surface area contributed by atoms with Gasteiger partial charge in [-0.3, -0.25) is 0 Å². The lowest BCUT2D eigenvalue weighted by atomic mass is 9.99. The molecule has 122 valence electrons. The van der Waals surface area contributed by atoms with Gasteiger partial charge in [-0.05, 0) is 72.2 Å². The topological polar surface area (TPSA) is 40.5 Å². The SMILES string of the molecule is Cc1cc(CCc2ccc(Cc3ccc(O)cc3)cc2)ccc1O. The van der Waals surface area contributed by atoms with Gasteiger partial charge in [-0.1, -0.05) is 48.5 Å². The molecule has 2 heteroatoms. The van der Waals surface area contributed by atoms with E-state index in [1.165, 1.54) is 22.3 Å². The van der Waals surface area contributed by atoms with Crippen LogP contribution in [0.25, 0.3) is 0 Å². The molecule has 0 aliphatic carbocycles. The van der Waals surface area contributed by atoms with Gasteiger partial charge in [0.05, 0.1) is 0 Å². The van der Waals surface area contributed by atoms with Crippen LogP contribution in [0, 0.1) is 6.92 Å². The Morgan fingerprint density at radius 3 is 1.75 bits per heavy atom. The Hall–Kier alpha value is -2.74. The van der Waals surface area contributed by atoms with Gasteiger partial charge in [0.1, 0.15) is 11.5 Å². The van der Waals surface area contributed by atoms with Gasteiger partial charge in [-0.25, -0.2) is 0 Å². The molecule has 0 bridgehead atoms. The van der Waals surface area contributed by atoms with Crippen molar-refractivity contribution in [2.75, 3.05) is 0 Å². The van der Waals surface area contributed by atoms with Crippen LogP contribution in [0.15, 0.2) is 66.7 Å². The second-order valence-electron chi connectivity index (χ2n) is 6.28. The molecular weight excluding hydrogens is 296 g/mol. The molecule has 0 saturated carbocycles. The maximum Gasteiger partial charge on any atom is 0.118 e. The molecule has 2 N–H and O–H groups in total. The number of aryl methyl sites for hydroxylation is 3. The molecule has 0 heterocycles. The predicted molar refractivity (Wildman–Crippen MR) is 97.6 cm³/mol. The lowest BCUT2D eigenvalue weighted by molar-refractivity contribution is 0.471. The maximum atomic E-state index is 9.58. The zero-order valence-electron chi connectivity index (χ0n) is 13.9. The van der Waals surface area contributed by atoms with Crippen molar-refractivity contribution in [3.05, 3.63) is 94.5 Å². The third-order valence-electron chi connectivity index (χ3n) is 4.33. The van der Waals surface area contributed by atoms with Crippen molar-refractivity contribution >= 4 is 0 Å². The number of phenols is 2. The minimum atomic E-state index is 0.304. The molecule has 2 nitrogen and oxygen atoms in total. The third kappa shape index (κ3) is 4.17. The second-order valence-corrected chi connectivity index (χ2v) is 6.28. The first-order valence-corrected chi connectivity index (χ1v) is 8.24. The first-order valence-electron chi connectivity index (χ1n) is 8.24. The fourth-order valence-corrected chi connectivity index (χ4v) is 2.84. The first-order chi connectivity index (χ1) is 11.6. The molecule has 0 amide bonds. The highest BCUT2D eigenvalue weighted by atomic mass is 16.3. The Bertz CT molecular complexity index is 802. The lowest BCUT2D eigenvalue weighted by Gasteiger charge is -2.07. The molecular formula is C22H22O2. The van der Waals surface area contributed by atoms with Crippen molar-refractivity contribution in [2.24, 2.45) is 0 Å². The number of benzene rings is 3. The molecule has 0 fully saturated rings. The highest BCUT2D eigenvalue weighted by molar-refractivity contribution is 5.36. The summed E-state index contributed by atoms with van der Waals surface area (Å²) in [5.41, 5.74) is 5.95. The van der Waals surface area contributed by atoms with Gasteiger partial charge in [0.15, 0.2) is 0 Å². The number of aromatic hydroxyl groups is 2. The molecule has 0 radical (unpaired) electrons. The van der Waals surface area contributed by atoms with E-state index in [0.717, 1.165) is 24.8 Å². The quantitative estimate of drug-likeness (QED) is 0.710. The molecule has 0 aliphatic rings. The van der Waals surface area contributed by atoms with Gasteiger partial charge in [0, 0.05) is 0 Å². The van der Waals surface area contributed by atoms with Crippen LogP contribution in [0.5, 0.6) is 11.5 Å². The zero-order valence-corrected chi connectivity index (χ0v) is 13.9. The summed E-state index contributed by atoms with van der Waals surface area (Å²) in [6.07, 6.45) is 2.83. The first kappa shape index (κ1) is 16.1. The van der Waals surface area contributed by atoms with E-state index in [-0.39, 0.29) is 0 Å². The van der Waals surface area contributed by atoms with Crippen LogP contribution in [-0.2, 0) is 19.3 Å². The van der Waals surface area contributed by atoms with Crippen molar-refractivity contribution in [1.82, 2.24) is 0 Å². The minimum Gasteiger partial charge on any atom is -0.508 e. The van der Waals surface area contributed by atoms with E-state index in [1.54, 1.807) is 18.2 Å². The molecule has 24 heavy (non-hydrogen) atoms. The van der Waals surface area contributed by atoms with E-state index >= 15 is 0 Å². The number of rotatable bonds is 5. The average Bonchev–Trinajstić information content (AvgIpc) is 2.59. The smallest absolute Gasteiger partial charge is 0.118 e. The zero-order chi connectivity index (χ0) is 16.9. The molecule has 3 aromatic carbocycles. The van der Waals surface area contributed by atoms with E-state index in [0.29, 0.717) is 11.5 Å². The lowest BCUT2D eigenvalue weighted by Crippen LogP contribution is -1.93. The summed E-state index contributed by atoms with van der Waals surface area (Å²) >= 11 is 0. The Morgan fingerprint density at radius 1 is 0.625 bits per heavy atom. The van der Waals surface area contributed by atoms with Crippen LogP contribution < -0.4 is 0 Å². The Kier molecular flexibility index (Phi) is 4.85. The van der Waals surface area contributed by atoms with Gasteiger partial charge in [-0.15, -0.1) is 0 Å². The van der Waals surface area contributed by atoms with Gasteiger partial charge in [0.2, 0.25) is 0 Å². The van der Waals surface area contributed by atoms with Gasteiger partial charge >= 0.3 is 0 Å². The van der Waals surface area contributed by atoms with Crippen LogP contribution in [0.4, 0.5) is 0 Å². The van der Waals surface area contributed by atoms with Crippen LogP contribution in [0.1, 0.15) is 27.8 Å². The van der Waals surface area contributed by atoms with Crippen molar-refractivity contribution in [3.63, 3.8) is 0 Å². The van der Waals surface area contributed by atoms with Gasteiger partial charge in [0.25, 0.3) is 0 Å². The van der Waals surface area contributed by atoms with Crippen molar-refractivity contribution in [3.8, 4) is 11.5 Å². The standard InChI is InChI=1S/C22H22O2/c1-16-14-18(10-13-22(16)24)5-2-17-3-6-19(7-4-17)15-20-8-11-21(23)12-9-20/h3-4,6-14,23-24H,2,5,15H2,1H3. The van der Waals surface area contributed by atoms with Crippen molar-refractivity contribution < 1.29 is 10.2 Å². The van der Waals surface area contributed by atoms with Gasteiger partial charge < -0.3 is 10.2 Å². The molecule has 0 aromatic heterocycles. The Morgan fingerprint density at radius 2 is 1.12 bits per heavy atom. The van der Waals surface area contributed by atoms with Crippen molar-refractivity contribution in [2.45, 2.75) is 26.2 Å². The fraction of sp³-hybridized carbons (Fsp3) is 0.182. The van der Waals surface area contributed by atoms with Crippen LogP contribution >= 0.6 is 0 Å². The van der Waals surface area contributed by atoms with Gasteiger partial charge in [-0.2, -0.15) is 0 Å². The van der Waals surface area contributed by atoms with Crippen LogP contribution in [0.2, 0.25) is 0 Å². The monoisotopic (exact) mass is 318 g/mol. The normalized spacial score (nSPS) is 10.7. The molecule has 0 saturated heterocycles. The van der Waals surface area contributed by atoms with E-state index < -0.39 is 0 Å². The summed E-state index contributed by atoms with van der Waals surface area (Å²) in [6, 6.07) is 21.9. The fourth-order valence-electron chi connectivity index (χ4n) is 2.84. The molecule has 3 rings (SSSR count). The summed E-state index contributed by atoms with van der Waals surface area (Å²) in [4.78, 5) is 0. The summed E-state index contributed by atoms with van der Waals surface area (Å²) < 4.78 is 0. The Balaban J connectivity index is 1.59. The van der Waals surface area contributed by atoms with E-state index in [4.69, 9.17) is 0 Å². The molecule has 0 spiro atoms. The average molecular weight is 318 g/mol. The van der Waals surface area contributed by atoms with Crippen molar-refractivity contribution in [1.29, 1.82) is 0 Å². The predicted octanol–water partition coefficient (Wildman–Crippen LogP) is 4.78. The summed E-state index contributed by atoms with van der Waals surface area (Å²) in [7, 11) is 0. The summed E-state index contributed by atoms with van der Waals surface area (Å²) in [5.74, 6) is 0.663. The van der Waals surface area contributed by atoms with E-state index in [9.17, 15) is 10.2 Å². The van der Waals surface area contributed by atoms with E-state index in [1.807, 2.05) is 25.1 Å². The highest BCUT2D eigenvalue weighted by Crippen LogP contribution is 2.19. The highest BCUT2D eigenvalue weighted by Gasteiger charge is 2.01. The maximum absolute atomic E-state index is 9.58. The number of hydrogen-bond acceptors (Lipinski definition) is 2. The number of hydrogen-bond donors (Lipinski definition) is 2.